The minimum Gasteiger partial charge on any atom is -0.392 e. The predicted octanol–water partition coefficient (Wildman–Crippen LogP) is 3.91. The number of aromatic nitrogens is 4. The summed E-state index contributed by atoms with van der Waals surface area (Å²) in [4.78, 5) is 8.80. The Labute approximate surface area is 154 Å². The van der Waals surface area contributed by atoms with E-state index >= 15 is 0 Å². The van der Waals surface area contributed by atoms with Gasteiger partial charge in [-0.05, 0) is 48.0 Å². The van der Waals surface area contributed by atoms with Crippen LogP contribution in [0.4, 0.5) is 16.0 Å². The number of aliphatic hydroxyl groups excluding tert-OH is 1. The van der Waals surface area contributed by atoms with Crippen LogP contribution in [0.2, 0.25) is 0 Å². The molecular formula is C20H16FN5O. The number of aliphatic hydroxyl groups is 1. The lowest BCUT2D eigenvalue weighted by Gasteiger charge is -2.08. The van der Waals surface area contributed by atoms with Crippen molar-refractivity contribution in [2.75, 3.05) is 5.32 Å². The first-order chi connectivity index (χ1) is 13.2. The number of halogens is 1. The Morgan fingerprint density at radius 2 is 1.93 bits per heavy atom. The van der Waals surface area contributed by atoms with E-state index in [1.54, 1.807) is 30.6 Å². The fourth-order valence-electron chi connectivity index (χ4n) is 2.76. The highest BCUT2D eigenvalue weighted by atomic mass is 19.1. The van der Waals surface area contributed by atoms with Crippen molar-refractivity contribution < 1.29 is 9.50 Å². The van der Waals surface area contributed by atoms with Gasteiger partial charge in [0.2, 0.25) is 5.95 Å². The zero-order valence-electron chi connectivity index (χ0n) is 14.2. The number of hydrogen-bond donors (Lipinski definition) is 3. The van der Waals surface area contributed by atoms with E-state index in [0.29, 0.717) is 11.6 Å². The van der Waals surface area contributed by atoms with E-state index in [9.17, 15) is 9.50 Å². The van der Waals surface area contributed by atoms with E-state index in [1.807, 2.05) is 24.3 Å². The van der Waals surface area contributed by atoms with Gasteiger partial charge in [0, 0.05) is 23.0 Å². The van der Waals surface area contributed by atoms with Crippen LogP contribution in [0.1, 0.15) is 5.56 Å². The van der Waals surface area contributed by atoms with Gasteiger partial charge in [-0.2, -0.15) is 5.10 Å². The van der Waals surface area contributed by atoms with E-state index in [0.717, 1.165) is 28.1 Å². The number of hydrogen-bond acceptors (Lipinski definition) is 5. The molecule has 4 aromatic rings. The summed E-state index contributed by atoms with van der Waals surface area (Å²) < 4.78 is 13.2. The van der Waals surface area contributed by atoms with Gasteiger partial charge in [-0.3, -0.25) is 5.10 Å². The maximum absolute atomic E-state index is 13.2. The topological polar surface area (TPSA) is 86.7 Å². The number of nitrogens with one attached hydrogen (secondary N) is 2. The Bertz CT molecular complexity index is 1060. The molecule has 27 heavy (non-hydrogen) atoms. The molecule has 6 nitrogen and oxygen atoms in total. The molecule has 0 amide bonds. The summed E-state index contributed by atoms with van der Waals surface area (Å²) in [6.45, 7) is -0.0353. The molecule has 134 valence electrons. The van der Waals surface area contributed by atoms with Crippen molar-refractivity contribution in [2.24, 2.45) is 0 Å². The van der Waals surface area contributed by atoms with Crippen LogP contribution < -0.4 is 5.32 Å². The minimum absolute atomic E-state index is 0.0353. The normalized spacial score (nSPS) is 10.7. The van der Waals surface area contributed by atoms with Crippen LogP contribution in [-0.4, -0.2) is 25.3 Å². The lowest BCUT2D eigenvalue weighted by Crippen LogP contribution is -1.98. The molecule has 2 heterocycles. The second-order valence-electron chi connectivity index (χ2n) is 5.91. The summed E-state index contributed by atoms with van der Waals surface area (Å²) in [5, 5.41) is 19.4. The number of rotatable bonds is 5. The third-order valence-corrected chi connectivity index (χ3v) is 4.07. The molecule has 0 aliphatic heterocycles. The molecule has 4 rings (SSSR count). The molecule has 0 aliphatic rings. The van der Waals surface area contributed by atoms with Gasteiger partial charge in [0.15, 0.2) is 0 Å². The Morgan fingerprint density at radius 3 is 2.74 bits per heavy atom. The quantitative estimate of drug-likeness (QED) is 0.502. The van der Waals surface area contributed by atoms with Crippen LogP contribution in [0.5, 0.6) is 0 Å². The van der Waals surface area contributed by atoms with E-state index in [2.05, 4.69) is 25.5 Å². The fraction of sp³-hybridized carbons (Fsp3) is 0.0500. The third-order valence-electron chi connectivity index (χ3n) is 4.07. The van der Waals surface area contributed by atoms with Crippen molar-refractivity contribution in [1.29, 1.82) is 0 Å². The first-order valence-corrected chi connectivity index (χ1v) is 8.32. The number of H-pyrrole nitrogens is 1. The van der Waals surface area contributed by atoms with Gasteiger partial charge in [-0.25, -0.2) is 14.4 Å². The summed E-state index contributed by atoms with van der Waals surface area (Å²) in [5.41, 5.74) is 4.61. The molecule has 0 bridgehead atoms. The van der Waals surface area contributed by atoms with Crippen LogP contribution in [0.3, 0.4) is 0 Å². The number of anilines is 2. The second kappa shape index (κ2) is 7.35. The number of nitrogens with zero attached hydrogens (tertiary/aromatic N) is 3. The van der Waals surface area contributed by atoms with Gasteiger partial charge in [0.05, 0.1) is 24.2 Å². The zero-order valence-corrected chi connectivity index (χ0v) is 14.2. The van der Waals surface area contributed by atoms with Crippen LogP contribution >= 0.6 is 0 Å². The smallest absolute Gasteiger partial charge is 0.227 e. The van der Waals surface area contributed by atoms with Gasteiger partial charge in [-0.1, -0.05) is 12.1 Å². The first kappa shape index (κ1) is 16.9. The highest BCUT2D eigenvalue weighted by Crippen LogP contribution is 2.29. The van der Waals surface area contributed by atoms with E-state index in [1.165, 1.54) is 12.1 Å². The molecule has 7 heteroatoms. The van der Waals surface area contributed by atoms with E-state index < -0.39 is 0 Å². The summed E-state index contributed by atoms with van der Waals surface area (Å²) in [5.74, 6) is 0.132. The lowest BCUT2D eigenvalue weighted by atomic mass is 10.1. The minimum atomic E-state index is -0.293. The monoisotopic (exact) mass is 361 g/mol. The largest absolute Gasteiger partial charge is 0.392 e. The molecule has 2 aromatic carbocycles. The van der Waals surface area contributed by atoms with Crippen molar-refractivity contribution in [3.63, 3.8) is 0 Å². The Morgan fingerprint density at radius 1 is 1.07 bits per heavy atom. The van der Waals surface area contributed by atoms with Crippen molar-refractivity contribution in [3.8, 4) is 22.5 Å². The molecule has 0 fully saturated rings. The zero-order chi connectivity index (χ0) is 18.6. The molecular weight excluding hydrogens is 345 g/mol. The van der Waals surface area contributed by atoms with E-state index in [4.69, 9.17) is 0 Å². The number of aromatic amines is 1. The van der Waals surface area contributed by atoms with Gasteiger partial charge in [0.25, 0.3) is 0 Å². The van der Waals surface area contributed by atoms with Crippen molar-refractivity contribution in [1.82, 2.24) is 20.2 Å². The predicted molar refractivity (Wildman–Crippen MR) is 101 cm³/mol. The molecule has 0 aliphatic carbocycles. The van der Waals surface area contributed by atoms with Gasteiger partial charge >= 0.3 is 0 Å². The Balaban J connectivity index is 1.65. The maximum atomic E-state index is 13.2. The Hall–Kier alpha value is -3.58. The van der Waals surface area contributed by atoms with E-state index in [-0.39, 0.29) is 12.4 Å². The average molecular weight is 361 g/mol. The lowest BCUT2D eigenvalue weighted by molar-refractivity contribution is 0.282. The summed E-state index contributed by atoms with van der Waals surface area (Å²) in [7, 11) is 0. The SMILES string of the molecule is OCc1cccc(Nc2nccc(-c3cn[nH]c3-c3ccc(F)cc3)n2)c1. The average Bonchev–Trinajstić information content (AvgIpc) is 3.19. The van der Waals surface area contributed by atoms with Gasteiger partial charge in [-0.15, -0.1) is 0 Å². The van der Waals surface area contributed by atoms with Crippen molar-refractivity contribution >= 4 is 11.6 Å². The van der Waals surface area contributed by atoms with Gasteiger partial charge in [0.1, 0.15) is 5.82 Å². The second-order valence-corrected chi connectivity index (χ2v) is 5.91. The summed E-state index contributed by atoms with van der Waals surface area (Å²) in [6, 6.07) is 15.4. The number of benzene rings is 2. The Kier molecular flexibility index (Phi) is 4.59. The molecule has 2 aromatic heterocycles. The molecule has 0 unspecified atom stereocenters. The van der Waals surface area contributed by atoms with Crippen LogP contribution in [0.25, 0.3) is 22.5 Å². The molecule has 0 saturated heterocycles. The molecule has 0 radical (unpaired) electrons. The van der Waals surface area contributed by atoms with Crippen molar-refractivity contribution in [2.45, 2.75) is 6.61 Å². The highest BCUT2D eigenvalue weighted by molar-refractivity contribution is 5.78. The van der Waals surface area contributed by atoms with Crippen molar-refractivity contribution in [3.05, 3.63) is 78.4 Å². The van der Waals surface area contributed by atoms with Crippen LogP contribution in [-0.2, 0) is 6.61 Å². The fourth-order valence-corrected chi connectivity index (χ4v) is 2.76. The summed E-state index contributed by atoms with van der Waals surface area (Å²) >= 11 is 0. The first-order valence-electron chi connectivity index (χ1n) is 8.32. The molecule has 3 N–H and O–H groups in total. The molecule has 0 spiro atoms. The summed E-state index contributed by atoms with van der Waals surface area (Å²) in [6.07, 6.45) is 3.33. The third kappa shape index (κ3) is 3.68. The molecule has 0 atom stereocenters. The molecule has 0 saturated carbocycles. The van der Waals surface area contributed by atoms with Gasteiger partial charge < -0.3 is 10.4 Å². The van der Waals surface area contributed by atoms with Crippen LogP contribution in [0.15, 0.2) is 67.0 Å². The highest BCUT2D eigenvalue weighted by Gasteiger charge is 2.12. The maximum Gasteiger partial charge on any atom is 0.227 e. The standard InChI is InChI=1S/C20H16FN5O/c21-15-6-4-14(5-7-15)19-17(11-23-26-19)18-8-9-22-20(25-18)24-16-3-1-2-13(10-16)12-27/h1-11,27H,12H2,(H,23,26)(H,22,24,25). The van der Waals surface area contributed by atoms with Crippen LogP contribution in [0, 0.1) is 5.82 Å².